The number of hydrogen-bond acceptors (Lipinski definition) is 4. The van der Waals surface area contributed by atoms with Gasteiger partial charge in [0.25, 0.3) is 0 Å². The summed E-state index contributed by atoms with van der Waals surface area (Å²) in [4.78, 5) is 2.47. The van der Waals surface area contributed by atoms with E-state index in [1.54, 1.807) is 31.1 Å². The van der Waals surface area contributed by atoms with Gasteiger partial charge in [0.2, 0.25) is 0 Å². The Kier molecular flexibility index (Phi) is 6.02. The van der Waals surface area contributed by atoms with Crippen molar-refractivity contribution in [2.24, 2.45) is 0 Å². The first-order valence-corrected chi connectivity index (χ1v) is 9.99. The monoisotopic (exact) mass is 421 g/mol. The van der Waals surface area contributed by atoms with Gasteiger partial charge in [-0.15, -0.1) is 11.3 Å². The number of anilines is 1. The second-order valence-electron chi connectivity index (χ2n) is 6.46. The predicted octanol–water partition coefficient (Wildman–Crippen LogP) is 5.70. The molecule has 0 fully saturated rings. The fraction of sp³-hybridized carbons (Fsp3) is 0.136. The van der Waals surface area contributed by atoms with Crippen LogP contribution in [0.1, 0.15) is 41.0 Å². The number of aromatic nitrogens is 2. The standard InChI is InChI=1S/C22H20ClN5S/c1-13(18-6-8-19(23)9-7-18)21-14(2)20(10-5-17-11-26-27-12-17)29-22(21)28(15(3)24)16(4)25/h6-9,11-12,24-25H,1H2,2-4H3,(H,26,27). The van der Waals surface area contributed by atoms with E-state index in [1.807, 2.05) is 31.2 Å². The van der Waals surface area contributed by atoms with Crippen molar-refractivity contribution in [3.63, 3.8) is 0 Å². The van der Waals surface area contributed by atoms with E-state index in [0.29, 0.717) is 5.02 Å². The smallest absolute Gasteiger partial charge is 0.111 e. The van der Waals surface area contributed by atoms with E-state index < -0.39 is 0 Å². The lowest BCUT2D eigenvalue weighted by atomic mass is 9.97. The summed E-state index contributed by atoms with van der Waals surface area (Å²) in [5, 5.41) is 24.4. The van der Waals surface area contributed by atoms with E-state index in [4.69, 9.17) is 22.4 Å². The highest BCUT2D eigenvalue weighted by Gasteiger charge is 2.24. The minimum absolute atomic E-state index is 0.262. The molecule has 2 aromatic heterocycles. The third-order valence-corrected chi connectivity index (χ3v) is 5.76. The van der Waals surface area contributed by atoms with E-state index in [-0.39, 0.29) is 11.7 Å². The maximum absolute atomic E-state index is 8.18. The zero-order valence-corrected chi connectivity index (χ0v) is 17.9. The molecule has 0 aliphatic heterocycles. The molecular formula is C22H20ClN5S. The molecule has 3 aromatic rings. The highest BCUT2D eigenvalue weighted by atomic mass is 35.5. The third-order valence-electron chi connectivity index (χ3n) is 4.32. The average molecular weight is 422 g/mol. The van der Waals surface area contributed by atoms with E-state index in [0.717, 1.165) is 37.7 Å². The van der Waals surface area contributed by atoms with Gasteiger partial charge in [-0.3, -0.25) is 20.8 Å². The Labute approximate surface area is 179 Å². The first-order valence-electron chi connectivity index (χ1n) is 8.79. The maximum Gasteiger partial charge on any atom is 0.111 e. The van der Waals surface area contributed by atoms with Gasteiger partial charge in [-0.05, 0) is 49.6 Å². The summed E-state index contributed by atoms with van der Waals surface area (Å²) in [5.41, 5.74) is 4.37. The van der Waals surface area contributed by atoms with Gasteiger partial charge in [0, 0.05) is 16.8 Å². The highest BCUT2D eigenvalue weighted by Crippen LogP contribution is 2.42. The number of benzene rings is 1. The molecule has 0 amide bonds. The predicted molar refractivity (Wildman–Crippen MR) is 122 cm³/mol. The van der Waals surface area contributed by atoms with Crippen molar-refractivity contribution in [2.45, 2.75) is 20.8 Å². The molecule has 0 bridgehead atoms. The number of amidine groups is 2. The summed E-state index contributed by atoms with van der Waals surface area (Å²) in [6.07, 6.45) is 3.40. The van der Waals surface area contributed by atoms with Crippen molar-refractivity contribution in [3.05, 3.63) is 75.4 Å². The lowest BCUT2D eigenvalue weighted by Crippen LogP contribution is -2.32. The Morgan fingerprint density at radius 2 is 1.83 bits per heavy atom. The van der Waals surface area contributed by atoms with E-state index >= 15 is 0 Å². The van der Waals surface area contributed by atoms with E-state index in [1.165, 1.54) is 11.3 Å². The molecule has 0 saturated carbocycles. The largest absolute Gasteiger partial charge is 0.288 e. The summed E-state index contributed by atoms with van der Waals surface area (Å²) < 4.78 is 0. The van der Waals surface area contributed by atoms with Gasteiger partial charge >= 0.3 is 0 Å². The zero-order valence-electron chi connectivity index (χ0n) is 16.4. The lowest BCUT2D eigenvalue weighted by molar-refractivity contribution is 1.09. The van der Waals surface area contributed by atoms with Gasteiger partial charge in [0.05, 0.1) is 16.6 Å². The van der Waals surface area contributed by atoms with Crippen LogP contribution in [0, 0.1) is 29.6 Å². The molecule has 0 aliphatic rings. The number of hydrogen-bond donors (Lipinski definition) is 3. The number of aromatic amines is 1. The van der Waals surface area contributed by atoms with E-state index in [9.17, 15) is 0 Å². The normalized spacial score (nSPS) is 10.2. The van der Waals surface area contributed by atoms with Crippen molar-refractivity contribution in [3.8, 4) is 11.8 Å². The number of H-pyrrole nitrogens is 1. The van der Waals surface area contributed by atoms with Crippen LogP contribution >= 0.6 is 22.9 Å². The van der Waals surface area contributed by atoms with Crippen LogP contribution in [-0.4, -0.2) is 21.9 Å². The summed E-state index contributed by atoms with van der Waals surface area (Å²) in [5.74, 6) is 6.83. The quantitative estimate of drug-likeness (QED) is 0.288. The van der Waals surface area contributed by atoms with Crippen LogP contribution in [0.25, 0.3) is 5.57 Å². The molecule has 146 valence electrons. The maximum atomic E-state index is 8.18. The van der Waals surface area contributed by atoms with Crippen LogP contribution in [0.4, 0.5) is 5.00 Å². The van der Waals surface area contributed by atoms with Crippen LogP contribution in [0.5, 0.6) is 0 Å². The molecule has 3 rings (SSSR count). The van der Waals surface area contributed by atoms with Crippen molar-refractivity contribution in [1.29, 1.82) is 10.8 Å². The molecule has 2 heterocycles. The van der Waals surface area contributed by atoms with Crippen LogP contribution < -0.4 is 4.90 Å². The van der Waals surface area contributed by atoms with Crippen molar-refractivity contribution < 1.29 is 0 Å². The van der Waals surface area contributed by atoms with Crippen LogP contribution in [-0.2, 0) is 0 Å². The second-order valence-corrected chi connectivity index (χ2v) is 7.90. The van der Waals surface area contributed by atoms with Gasteiger partial charge in [-0.1, -0.05) is 42.2 Å². The van der Waals surface area contributed by atoms with Crippen LogP contribution in [0.3, 0.4) is 0 Å². The molecule has 1 aromatic carbocycles. The molecule has 0 unspecified atom stereocenters. The summed E-state index contributed by atoms with van der Waals surface area (Å²) in [6.45, 7) is 9.63. The van der Waals surface area contributed by atoms with Crippen LogP contribution in [0.2, 0.25) is 5.02 Å². The number of halogens is 1. The Morgan fingerprint density at radius 3 is 2.38 bits per heavy atom. The molecule has 3 N–H and O–H groups in total. The van der Waals surface area contributed by atoms with Crippen molar-refractivity contribution >= 4 is 45.2 Å². The van der Waals surface area contributed by atoms with Gasteiger partial charge in [0.1, 0.15) is 16.7 Å². The molecular weight excluding hydrogens is 402 g/mol. The summed E-state index contributed by atoms with van der Waals surface area (Å²) in [7, 11) is 0. The molecule has 7 heteroatoms. The van der Waals surface area contributed by atoms with Gasteiger partial charge in [-0.2, -0.15) is 5.10 Å². The zero-order chi connectivity index (χ0) is 21.1. The highest BCUT2D eigenvalue weighted by molar-refractivity contribution is 7.17. The minimum atomic E-state index is 0.262. The number of nitrogens with zero attached hydrogens (tertiary/aromatic N) is 2. The number of thiophene rings is 1. The third kappa shape index (κ3) is 4.32. The van der Waals surface area contributed by atoms with Crippen molar-refractivity contribution in [2.75, 3.05) is 4.90 Å². The topological polar surface area (TPSA) is 79.6 Å². The lowest BCUT2D eigenvalue weighted by Gasteiger charge is -2.22. The Hall–Kier alpha value is -3.14. The Morgan fingerprint density at radius 1 is 1.17 bits per heavy atom. The number of nitrogens with one attached hydrogen (secondary N) is 3. The molecule has 0 spiro atoms. The first-order chi connectivity index (χ1) is 13.8. The summed E-state index contributed by atoms with van der Waals surface area (Å²) in [6, 6.07) is 7.48. The van der Waals surface area contributed by atoms with E-state index in [2.05, 4.69) is 28.6 Å². The van der Waals surface area contributed by atoms with Gasteiger partial charge < -0.3 is 0 Å². The minimum Gasteiger partial charge on any atom is -0.288 e. The van der Waals surface area contributed by atoms with Crippen LogP contribution in [0.15, 0.2) is 43.2 Å². The second kappa shape index (κ2) is 8.48. The molecule has 5 nitrogen and oxygen atoms in total. The Bertz CT molecular complexity index is 1130. The molecule has 0 saturated heterocycles. The number of rotatable bonds is 3. The average Bonchev–Trinajstić information content (AvgIpc) is 3.28. The van der Waals surface area contributed by atoms with Gasteiger partial charge in [-0.25, -0.2) is 0 Å². The molecule has 0 radical (unpaired) electrons. The molecule has 29 heavy (non-hydrogen) atoms. The fourth-order valence-corrected chi connectivity index (χ4v) is 4.35. The fourth-order valence-electron chi connectivity index (χ4n) is 2.93. The Balaban J connectivity index is 2.18. The van der Waals surface area contributed by atoms with Crippen molar-refractivity contribution in [1.82, 2.24) is 10.2 Å². The SMILES string of the molecule is C=C(c1ccc(Cl)cc1)c1c(N(C(C)=N)C(C)=N)sc(C#Cc2cn[nH]c2)c1C. The molecule has 0 aliphatic carbocycles. The first kappa shape index (κ1) is 20.6. The van der Waals surface area contributed by atoms with Gasteiger partial charge in [0.15, 0.2) is 0 Å². The molecule has 0 atom stereocenters. The summed E-state index contributed by atoms with van der Waals surface area (Å²) >= 11 is 7.49.